The third-order valence-electron chi connectivity index (χ3n) is 2.97. The molecule has 0 bridgehead atoms. The first-order chi connectivity index (χ1) is 6.78. The molecule has 2 N–H and O–H groups in total. The number of nitrogen functional groups attached to an aromatic ring is 1. The Balaban J connectivity index is 1.60. The average molecular weight is 213 g/mol. The fourth-order valence-electron chi connectivity index (χ4n) is 1.95. The number of ether oxygens (including phenoxy) is 2. The Morgan fingerprint density at radius 1 is 1.64 bits per heavy atom. The zero-order valence-electron chi connectivity index (χ0n) is 7.60. The molecular formula is C8H11N3O2S. The molecule has 1 aliphatic heterocycles. The van der Waals surface area contributed by atoms with Crippen LogP contribution in [0.2, 0.25) is 0 Å². The Kier molecular flexibility index (Phi) is 1.69. The minimum atomic E-state index is 0.278. The van der Waals surface area contributed by atoms with Gasteiger partial charge in [-0.3, -0.25) is 0 Å². The molecule has 1 saturated carbocycles. The monoisotopic (exact) mass is 213 g/mol. The highest BCUT2D eigenvalue weighted by molar-refractivity contribution is 7.16. The van der Waals surface area contributed by atoms with E-state index in [1.165, 1.54) is 17.8 Å². The lowest BCUT2D eigenvalue weighted by Crippen LogP contribution is -2.16. The lowest BCUT2D eigenvalue weighted by Gasteiger charge is -2.09. The highest BCUT2D eigenvalue weighted by Crippen LogP contribution is 2.56. The van der Waals surface area contributed by atoms with E-state index in [1.807, 2.05) is 0 Å². The zero-order chi connectivity index (χ0) is 9.60. The van der Waals surface area contributed by atoms with Crippen LogP contribution in [-0.4, -0.2) is 30.0 Å². The van der Waals surface area contributed by atoms with Crippen molar-refractivity contribution >= 4 is 16.5 Å². The minimum absolute atomic E-state index is 0.278. The molecule has 0 spiro atoms. The quantitative estimate of drug-likeness (QED) is 0.793. The summed E-state index contributed by atoms with van der Waals surface area (Å²) in [5.74, 6) is 0.702. The summed E-state index contributed by atoms with van der Waals surface area (Å²) in [6.07, 6.45) is 1.22. The second-order valence-corrected chi connectivity index (χ2v) is 4.95. The van der Waals surface area contributed by atoms with Crippen LogP contribution >= 0.6 is 11.3 Å². The predicted octanol–water partition coefficient (Wildman–Crippen LogP) is 0.536. The van der Waals surface area contributed by atoms with Crippen molar-refractivity contribution < 1.29 is 9.47 Å². The van der Waals surface area contributed by atoms with Gasteiger partial charge in [0, 0.05) is 5.41 Å². The van der Waals surface area contributed by atoms with Crippen LogP contribution in [0.25, 0.3) is 0 Å². The molecule has 2 fully saturated rings. The summed E-state index contributed by atoms with van der Waals surface area (Å²) in [6, 6.07) is 0. The first-order valence-corrected chi connectivity index (χ1v) is 5.40. The van der Waals surface area contributed by atoms with E-state index in [1.54, 1.807) is 0 Å². The molecule has 76 valence electrons. The molecule has 0 radical (unpaired) electrons. The SMILES string of the molecule is Nc1nnc(OCC23COCC2C3)s1. The number of anilines is 1. The summed E-state index contributed by atoms with van der Waals surface area (Å²) in [5.41, 5.74) is 5.72. The maximum Gasteiger partial charge on any atom is 0.295 e. The number of rotatable bonds is 3. The largest absolute Gasteiger partial charge is 0.468 e. The van der Waals surface area contributed by atoms with Crippen LogP contribution in [0, 0.1) is 11.3 Å². The number of hydrogen-bond acceptors (Lipinski definition) is 6. The summed E-state index contributed by atoms with van der Waals surface area (Å²) in [7, 11) is 0. The van der Waals surface area contributed by atoms with Crippen LogP contribution in [0.5, 0.6) is 5.19 Å². The van der Waals surface area contributed by atoms with Crippen molar-refractivity contribution in [3.63, 3.8) is 0 Å². The van der Waals surface area contributed by atoms with Crippen molar-refractivity contribution in [1.82, 2.24) is 10.2 Å². The molecule has 1 aliphatic carbocycles. The fraction of sp³-hybridized carbons (Fsp3) is 0.750. The van der Waals surface area contributed by atoms with Crippen LogP contribution in [0.4, 0.5) is 5.13 Å². The maximum absolute atomic E-state index is 5.54. The fourth-order valence-corrected chi connectivity index (χ4v) is 2.41. The Labute approximate surface area is 85.2 Å². The molecule has 6 heteroatoms. The number of hydrogen-bond donors (Lipinski definition) is 1. The summed E-state index contributed by atoms with van der Waals surface area (Å²) in [5, 5.41) is 8.51. The Morgan fingerprint density at radius 2 is 2.57 bits per heavy atom. The van der Waals surface area contributed by atoms with Crippen LogP contribution in [-0.2, 0) is 4.74 Å². The van der Waals surface area contributed by atoms with E-state index in [0.29, 0.717) is 22.9 Å². The standard InChI is InChI=1S/C8H11N3O2S/c9-6-10-11-7(14-6)13-4-8-1-5(8)2-12-3-8/h5H,1-4H2,(H2,9,10). The lowest BCUT2D eigenvalue weighted by molar-refractivity contribution is 0.124. The number of fused-ring (bicyclic) bond motifs is 1. The molecule has 2 atom stereocenters. The average Bonchev–Trinajstić information content (AvgIpc) is 2.57. The van der Waals surface area contributed by atoms with Gasteiger partial charge in [0.25, 0.3) is 5.19 Å². The van der Waals surface area contributed by atoms with E-state index in [0.717, 1.165) is 13.2 Å². The van der Waals surface area contributed by atoms with Crippen molar-refractivity contribution in [3.8, 4) is 5.19 Å². The van der Waals surface area contributed by atoms with Crippen molar-refractivity contribution in [2.24, 2.45) is 11.3 Å². The lowest BCUT2D eigenvalue weighted by atomic mass is 10.1. The van der Waals surface area contributed by atoms with Gasteiger partial charge in [0.1, 0.15) is 0 Å². The third kappa shape index (κ3) is 1.26. The Bertz CT molecular complexity index is 356. The molecule has 3 rings (SSSR count). The summed E-state index contributed by atoms with van der Waals surface area (Å²) < 4.78 is 10.9. The van der Waals surface area contributed by atoms with E-state index in [9.17, 15) is 0 Å². The summed E-state index contributed by atoms with van der Waals surface area (Å²) >= 11 is 1.28. The molecule has 5 nitrogen and oxygen atoms in total. The van der Waals surface area contributed by atoms with Crippen molar-refractivity contribution in [3.05, 3.63) is 0 Å². The van der Waals surface area contributed by atoms with Crippen molar-refractivity contribution in [1.29, 1.82) is 0 Å². The van der Waals surface area contributed by atoms with E-state index in [4.69, 9.17) is 15.2 Å². The maximum atomic E-state index is 5.54. The smallest absolute Gasteiger partial charge is 0.295 e. The molecule has 14 heavy (non-hydrogen) atoms. The first kappa shape index (κ1) is 8.43. The van der Waals surface area contributed by atoms with Crippen LogP contribution < -0.4 is 10.5 Å². The van der Waals surface area contributed by atoms with Crippen LogP contribution in [0.3, 0.4) is 0 Å². The zero-order valence-corrected chi connectivity index (χ0v) is 8.42. The highest BCUT2D eigenvalue weighted by atomic mass is 32.1. The van der Waals surface area contributed by atoms with Gasteiger partial charge < -0.3 is 15.2 Å². The van der Waals surface area contributed by atoms with E-state index in [2.05, 4.69) is 10.2 Å². The molecular weight excluding hydrogens is 202 g/mol. The minimum Gasteiger partial charge on any atom is -0.468 e. The van der Waals surface area contributed by atoms with Crippen LogP contribution in [0.1, 0.15) is 6.42 Å². The van der Waals surface area contributed by atoms with Gasteiger partial charge in [0.2, 0.25) is 5.13 Å². The van der Waals surface area contributed by atoms with Crippen molar-refractivity contribution in [2.75, 3.05) is 25.6 Å². The molecule has 2 heterocycles. The number of nitrogens with two attached hydrogens (primary N) is 1. The summed E-state index contributed by atoms with van der Waals surface area (Å²) in [4.78, 5) is 0. The van der Waals surface area contributed by atoms with Gasteiger partial charge in [-0.25, -0.2) is 0 Å². The molecule has 1 aromatic heterocycles. The van der Waals surface area contributed by atoms with E-state index in [-0.39, 0.29) is 5.41 Å². The van der Waals surface area contributed by atoms with E-state index >= 15 is 0 Å². The van der Waals surface area contributed by atoms with Gasteiger partial charge in [-0.1, -0.05) is 5.10 Å². The van der Waals surface area contributed by atoms with Gasteiger partial charge in [-0.05, 0) is 23.7 Å². The third-order valence-corrected chi connectivity index (χ3v) is 3.64. The van der Waals surface area contributed by atoms with Crippen molar-refractivity contribution in [2.45, 2.75) is 6.42 Å². The normalized spacial score (nSPS) is 34.1. The Morgan fingerprint density at radius 3 is 3.14 bits per heavy atom. The molecule has 0 amide bonds. The second kappa shape index (κ2) is 2.80. The topological polar surface area (TPSA) is 70.3 Å². The summed E-state index contributed by atoms with van der Waals surface area (Å²) in [6.45, 7) is 2.40. The van der Waals surface area contributed by atoms with E-state index < -0.39 is 0 Å². The molecule has 1 aromatic rings. The predicted molar refractivity (Wildman–Crippen MR) is 51.2 cm³/mol. The molecule has 2 unspecified atom stereocenters. The second-order valence-electron chi connectivity index (χ2n) is 3.97. The highest BCUT2D eigenvalue weighted by Gasteiger charge is 2.59. The molecule has 0 aromatic carbocycles. The van der Waals surface area contributed by atoms with Gasteiger partial charge >= 0.3 is 0 Å². The van der Waals surface area contributed by atoms with Gasteiger partial charge in [-0.15, -0.1) is 5.10 Å². The Hall–Kier alpha value is -0.880. The number of nitrogens with zero attached hydrogens (tertiary/aromatic N) is 2. The van der Waals surface area contributed by atoms with Gasteiger partial charge in [0.05, 0.1) is 19.8 Å². The van der Waals surface area contributed by atoms with Gasteiger partial charge in [0.15, 0.2) is 0 Å². The first-order valence-electron chi connectivity index (χ1n) is 4.58. The van der Waals surface area contributed by atoms with Crippen LogP contribution in [0.15, 0.2) is 0 Å². The van der Waals surface area contributed by atoms with Gasteiger partial charge in [-0.2, -0.15) is 0 Å². The number of aromatic nitrogens is 2. The molecule has 2 aliphatic rings. The molecule has 1 saturated heterocycles.